The molecule has 2 rings (SSSR count). The van der Waals surface area contributed by atoms with Crippen LogP contribution in [0.1, 0.15) is 29.9 Å². The monoisotopic (exact) mass is 231 g/mol. The first-order chi connectivity index (χ1) is 8.20. The molecule has 5 heteroatoms. The Kier molecular flexibility index (Phi) is 3.49. The van der Waals surface area contributed by atoms with Crippen LogP contribution < -0.4 is 5.32 Å². The fourth-order valence-corrected chi connectivity index (χ4v) is 1.74. The van der Waals surface area contributed by atoms with E-state index in [-0.39, 0.29) is 6.04 Å². The number of aryl methyl sites for hydroxylation is 2. The van der Waals surface area contributed by atoms with Gasteiger partial charge in [-0.05, 0) is 13.5 Å². The van der Waals surface area contributed by atoms with E-state index in [9.17, 15) is 0 Å². The Balaban J connectivity index is 2.31. The second-order valence-corrected chi connectivity index (χ2v) is 4.02. The lowest BCUT2D eigenvalue weighted by Crippen LogP contribution is -2.22. The van der Waals surface area contributed by atoms with Gasteiger partial charge < -0.3 is 5.32 Å². The Morgan fingerprint density at radius 3 is 2.65 bits per heavy atom. The summed E-state index contributed by atoms with van der Waals surface area (Å²) in [4.78, 5) is 8.71. The molecule has 1 unspecified atom stereocenters. The molecule has 0 aliphatic rings. The number of hydrogen-bond acceptors (Lipinski definition) is 4. The maximum Gasteiger partial charge on any atom is 0.0802 e. The first-order valence-corrected chi connectivity index (χ1v) is 5.71. The molecule has 0 aliphatic heterocycles. The average molecular weight is 231 g/mol. The summed E-state index contributed by atoms with van der Waals surface area (Å²) in [7, 11) is 1.91. The third-order valence-corrected chi connectivity index (χ3v) is 2.56. The van der Waals surface area contributed by atoms with Crippen LogP contribution in [0.25, 0.3) is 0 Å². The van der Waals surface area contributed by atoms with Crippen molar-refractivity contribution in [1.82, 2.24) is 25.1 Å². The Labute approximate surface area is 101 Å². The van der Waals surface area contributed by atoms with Crippen molar-refractivity contribution < 1.29 is 0 Å². The molecule has 2 aromatic heterocycles. The van der Waals surface area contributed by atoms with Gasteiger partial charge in [0.2, 0.25) is 0 Å². The standard InChI is InChI=1S/C12H17N5/c1-4-13-12(10-6-16-17(3)8-10)11-7-14-9(2)5-15-11/h5-8,12-13H,4H2,1-3H3. The molecule has 0 bridgehead atoms. The lowest BCUT2D eigenvalue weighted by molar-refractivity contribution is 0.611. The summed E-state index contributed by atoms with van der Waals surface area (Å²) in [5.41, 5.74) is 2.95. The first kappa shape index (κ1) is 11.7. The van der Waals surface area contributed by atoms with Crippen LogP contribution in [0.4, 0.5) is 0 Å². The van der Waals surface area contributed by atoms with Crippen LogP contribution in [0.2, 0.25) is 0 Å². The minimum Gasteiger partial charge on any atom is -0.305 e. The molecule has 2 heterocycles. The molecule has 90 valence electrons. The lowest BCUT2D eigenvalue weighted by atomic mass is 10.1. The van der Waals surface area contributed by atoms with Crippen molar-refractivity contribution >= 4 is 0 Å². The van der Waals surface area contributed by atoms with E-state index in [1.54, 1.807) is 10.9 Å². The summed E-state index contributed by atoms with van der Waals surface area (Å²) in [6.45, 7) is 4.88. The number of nitrogens with zero attached hydrogens (tertiary/aromatic N) is 4. The van der Waals surface area contributed by atoms with Gasteiger partial charge in [0.15, 0.2) is 0 Å². The SMILES string of the molecule is CCNC(c1cnn(C)c1)c1cnc(C)cn1. The Morgan fingerprint density at radius 1 is 1.29 bits per heavy atom. The molecule has 0 aromatic carbocycles. The highest BCUT2D eigenvalue weighted by Crippen LogP contribution is 2.18. The van der Waals surface area contributed by atoms with Crippen molar-refractivity contribution in [2.24, 2.45) is 7.05 Å². The number of aromatic nitrogens is 4. The molecule has 0 saturated carbocycles. The summed E-state index contributed by atoms with van der Waals surface area (Å²) in [5, 5.41) is 7.58. The van der Waals surface area contributed by atoms with Crippen LogP contribution in [-0.4, -0.2) is 26.3 Å². The van der Waals surface area contributed by atoms with Gasteiger partial charge in [-0.25, -0.2) is 0 Å². The molecular weight excluding hydrogens is 214 g/mol. The molecule has 1 N–H and O–H groups in total. The predicted molar refractivity (Wildman–Crippen MR) is 65.5 cm³/mol. The van der Waals surface area contributed by atoms with Crippen LogP contribution in [0, 0.1) is 6.92 Å². The van der Waals surface area contributed by atoms with E-state index in [0.717, 1.165) is 23.5 Å². The minimum absolute atomic E-state index is 0.0572. The van der Waals surface area contributed by atoms with Gasteiger partial charge in [-0.15, -0.1) is 0 Å². The molecule has 0 amide bonds. The second kappa shape index (κ2) is 5.05. The topological polar surface area (TPSA) is 55.6 Å². The molecule has 0 saturated heterocycles. The Hall–Kier alpha value is -1.75. The summed E-state index contributed by atoms with van der Waals surface area (Å²) < 4.78 is 1.79. The average Bonchev–Trinajstić information content (AvgIpc) is 2.74. The fourth-order valence-electron chi connectivity index (χ4n) is 1.74. The van der Waals surface area contributed by atoms with Crippen molar-refractivity contribution in [2.45, 2.75) is 19.9 Å². The van der Waals surface area contributed by atoms with E-state index < -0.39 is 0 Å². The maximum absolute atomic E-state index is 4.42. The molecule has 2 aromatic rings. The third-order valence-electron chi connectivity index (χ3n) is 2.56. The number of hydrogen-bond donors (Lipinski definition) is 1. The van der Waals surface area contributed by atoms with Crippen molar-refractivity contribution in [3.63, 3.8) is 0 Å². The van der Waals surface area contributed by atoms with E-state index >= 15 is 0 Å². The summed E-state index contributed by atoms with van der Waals surface area (Å²) in [5.74, 6) is 0. The molecule has 0 fully saturated rings. The normalized spacial score (nSPS) is 12.6. The Morgan fingerprint density at radius 2 is 2.12 bits per heavy atom. The highest BCUT2D eigenvalue weighted by atomic mass is 15.2. The summed E-state index contributed by atoms with van der Waals surface area (Å²) in [6, 6.07) is 0.0572. The highest BCUT2D eigenvalue weighted by molar-refractivity contribution is 5.22. The van der Waals surface area contributed by atoms with Gasteiger partial charge in [0, 0.05) is 25.0 Å². The molecule has 0 aliphatic carbocycles. The quantitative estimate of drug-likeness (QED) is 0.859. The zero-order valence-corrected chi connectivity index (χ0v) is 10.4. The van der Waals surface area contributed by atoms with Crippen molar-refractivity contribution in [1.29, 1.82) is 0 Å². The number of nitrogens with one attached hydrogen (secondary N) is 1. The molecule has 0 radical (unpaired) electrons. The third kappa shape index (κ3) is 2.68. The zero-order valence-electron chi connectivity index (χ0n) is 10.4. The van der Waals surface area contributed by atoms with E-state index in [4.69, 9.17) is 0 Å². The van der Waals surface area contributed by atoms with Crippen LogP contribution in [0.5, 0.6) is 0 Å². The summed E-state index contributed by atoms with van der Waals surface area (Å²) >= 11 is 0. The van der Waals surface area contributed by atoms with Gasteiger partial charge in [-0.1, -0.05) is 6.92 Å². The van der Waals surface area contributed by atoms with Crippen molar-refractivity contribution in [3.8, 4) is 0 Å². The first-order valence-electron chi connectivity index (χ1n) is 5.71. The largest absolute Gasteiger partial charge is 0.305 e. The summed E-state index contributed by atoms with van der Waals surface area (Å²) in [6.07, 6.45) is 7.45. The van der Waals surface area contributed by atoms with Gasteiger partial charge in [0.25, 0.3) is 0 Å². The van der Waals surface area contributed by atoms with E-state index in [1.807, 2.05) is 32.6 Å². The van der Waals surface area contributed by atoms with Crippen LogP contribution in [-0.2, 0) is 7.05 Å². The molecular formula is C12H17N5. The van der Waals surface area contributed by atoms with Gasteiger partial charge in [-0.2, -0.15) is 5.10 Å². The zero-order chi connectivity index (χ0) is 12.3. The fraction of sp³-hybridized carbons (Fsp3) is 0.417. The molecule has 5 nitrogen and oxygen atoms in total. The lowest BCUT2D eigenvalue weighted by Gasteiger charge is -2.15. The highest BCUT2D eigenvalue weighted by Gasteiger charge is 2.16. The molecule has 0 spiro atoms. The van der Waals surface area contributed by atoms with E-state index in [2.05, 4.69) is 27.3 Å². The van der Waals surface area contributed by atoms with Gasteiger partial charge in [0.1, 0.15) is 0 Å². The van der Waals surface area contributed by atoms with Gasteiger partial charge in [-0.3, -0.25) is 14.6 Å². The molecule has 17 heavy (non-hydrogen) atoms. The van der Waals surface area contributed by atoms with E-state index in [0.29, 0.717) is 0 Å². The minimum atomic E-state index is 0.0572. The Bertz CT molecular complexity index is 474. The van der Waals surface area contributed by atoms with Crippen molar-refractivity contribution in [2.75, 3.05) is 6.54 Å². The van der Waals surface area contributed by atoms with Gasteiger partial charge >= 0.3 is 0 Å². The van der Waals surface area contributed by atoms with Crippen LogP contribution in [0.15, 0.2) is 24.8 Å². The predicted octanol–water partition coefficient (Wildman–Crippen LogP) is 1.22. The van der Waals surface area contributed by atoms with Gasteiger partial charge in [0.05, 0.1) is 29.8 Å². The molecule has 1 atom stereocenters. The van der Waals surface area contributed by atoms with Crippen molar-refractivity contribution in [3.05, 3.63) is 41.7 Å². The smallest absolute Gasteiger partial charge is 0.0802 e. The number of rotatable bonds is 4. The van der Waals surface area contributed by atoms with E-state index in [1.165, 1.54) is 0 Å². The second-order valence-electron chi connectivity index (χ2n) is 4.02. The maximum atomic E-state index is 4.42. The van der Waals surface area contributed by atoms with Crippen LogP contribution >= 0.6 is 0 Å². The van der Waals surface area contributed by atoms with Crippen LogP contribution in [0.3, 0.4) is 0 Å².